The molecule has 28 heavy (non-hydrogen) atoms. The van der Waals surface area contributed by atoms with Crippen LogP contribution in [0.5, 0.6) is 0 Å². The first-order valence-corrected chi connectivity index (χ1v) is 9.51. The second kappa shape index (κ2) is 6.45. The quantitative estimate of drug-likeness (QED) is 0.717. The molecule has 1 saturated heterocycles. The summed E-state index contributed by atoms with van der Waals surface area (Å²) < 4.78 is 1.54. The molecule has 3 aromatic rings. The van der Waals surface area contributed by atoms with Crippen molar-refractivity contribution in [2.24, 2.45) is 0 Å². The summed E-state index contributed by atoms with van der Waals surface area (Å²) in [4.78, 5) is 31.9. The van der Waals surface area contributed by atoms with E-state index in [-0.39, 0.29) is 11.5 Å². The largest absolute Gasteiger partial charge is 0.369 e. The van der Waals surface area contributed by atoms with Crippen molar-refractivity contribution in [1.29, 1.82) is 0 Å². The fraction of sp³-hybridized carbons (Fsp3) is 0.286. The molecule has 2 N–H and O–H groups in total. The van der Waals surface area contributed by atoms with Gasteiger partial charge in [0.1, 0.15) is 11.2 Å². The molecule has 0 saturated carbocycles. The Labute approximate surface area is 162 Å². The second-order valence-corrected chi connectivity index (χ2v) is 7.50. The average Bonchev–Trinajstić information content (AvgIpc) is 2.71. The van der Waals surface area contributed by atoms with E-state index >= 15 is 0 Å². The van der Waals surface area contributed by atoms with Crippen molar-refractivity contribution in [1.82, 2.24) is 14.3 Å². The van der Waals surface area contributed by atoms with Gasteiger partial charge in [0, 0.05) is 31.9 Å². The second-order valence-electron chi connectivity index (χ2n) is 7.50. The van der Waals surface area contributed by atoms with Crippen LogP contribution in [-0.2, 0) is 11.3 Å². The molecule has 1 amide bonds. The third-order valence-corrected chi connectivity index (χ3v) is 5.70. The van der Waals surface area contributed by atoms with Crippen molar-refractivity contribution in [2.75, 3.05) is 23.7 Å². The highest BCUT2D eigenvalue weighted by molar-refractivity contribution is 6.06. The van der Waals surface area contributed by atoms with Crippen LogP contribution in [0.25, 0.3) is 5.65 Å². The zero-order valence-corrected chi connectivity index (χ0v) is 15.4. The molecule has 7 nitrogen and oxygen atoms in total. The van der Waals surface area contributed by atoms with Crippen molar-refractivity contribution < 1.29 is 4.79 Å². The SMILES string of the molecule is O=C1Nc2ccccc2NC12CCN(Cc1cc(=O)n3ccccc3n1)CC2. The molecular weight excluding hydrogens is 354 g/mol. The van der Waals surface area contributed by atoms with E-state index in [4.69, 9.17) is 0 Å². The van der Waals surface area contributed by atoms with E-state index in [1.54, 1.807) is 16.7 Å². The van der Waals surface area contributed by atoms with E-state index in [2.05, 4.69) is 20.5 Å². The number of likely N-dealkylation sites (tertiary alicyclic amines) is 1. The Morgan fingerprint density at radius 1 is 1.00 bits per heavy atom. The minimum absolute atomic E-state index is 0.0351. The summed E-state index contributed by atoms with van der Waals surface area (Å²) in [6.45, 7) is 2.13. The predicted molar refractivity (Wildman–Crippen MR) is 107 cm³/mol. The van der Waals surface area contributed by atoms with Gasteiger partial charge in [-0.15, -0.1) is 0 Å². The number of benzene rings is 1. The van der Waals surface area contributed by atoms with E-state index < -0.39 is 5.54 Å². The fourth-order valence-corrected chi connectivity index (χ4v) is 4.12. The maximum atomic E-state index is 12.7. The van der Waals surface area contributed by atoms with Gasteiger partial charge in [0.05, 0.1) is 17.1 Å². The summed E-state index contributed by atoms with van der Waals surface area (Å²) in [6, 6.07) is 14.9. The monoisotopic (exact) mass is 375 g/mol. The molecular formula is C21H21N5O2. The molecule has 2 aliphatic rings. The van der Waals surface area contributed by atoms with Crippen molar-refractivity contribution in [3.63, 3.8) is 0 Å². The van der Waals surface area contributed by atoms with Crippen LogP contribution in [-0.4, -0.2) is 38.8 Å². The first kappa shape index (κ1) is 16.9. The predicted octanol–water partition coefficient (Wildman–Crippen LogP) is 2.09. The molecule has 0 unspecified atom stereocenters. The smallest absolute Gasteiger partial charge is 0.258 e. The van der Waals surface area contributed by atoms with Crippen molar-refractivity contribution in [3.8, 4) is 0 Å². The zero-order chi connectivity index (χ0) is 19.1. The van der Waals surface area contributed by atoms with Gasteiger partial charge in [-0.3, -0.25) is 18.9 Å². The topological polar surface area (TPSA) is 78.7 Å². The Morgan fingerprint density at radius 3 is 2.57 bits per heavy atom. The molecule has 0 aliphatic carbocycles. The number of anilines is 2. The number of rotatable bonds is 2. The zero-order valence-electron chi connectivity index (χ0n) is 15.4. The maximum absolute atomic E-state index is 12.7. The number of nitrogens with one attached hydrogen (secondary N) is 2. The Balaban J connectivity index is 1.32. The van der Waals surface area contributed by atoms with Crippen LogP contribution in [0.15, 0.2) is 59.5 Å². The molecule has 142 valence electrons. The van der Waals surface area contributed by atoms with Crippen LogP contribution < -0.4 is 16.2 Å². The van der Waals surface area contributed by atoms with Gasteiger partial charge in [0.25, 0.3) is 5.56 Å². The average molecular weight is 375 g/mol. The van der Waals surface area contributed by atoms with Crippen molar-refractivity contribution in [2.45, 2.75) is 24.9 Å². The lowest BCUT2D eigenvalue weighted by molar-refractivity contribution is -0.122. The fourth-order valence-electron chi connectivity index (χ4n) is 4.12. The molecule has 1 fully saturated rings. The summed E-state index contributed by atoms with van der Waals surface area (Å²) in [7, 11) is 0. The highest BCUT2D eigenvalue weighted by Crippen LogP contribution is 2.36. The van der Waals surface area contributed by atoms with Gasteiger partial charge in [-0.25, -0.2) is 4.98 Å². The number of carbonyl (C=O) groups is 1. The van der Waals surface area contributed by atoms with Gasteiger partial charge in [0.15, 0.2) is 0 Å². The number of hydrogen-bond donors (Lipinski definition) is 2. The highest BCUT2D eigenvalue weighted by Gasteiger charge is 2.44. The summed E-state index contributed by atoms with van der Waals surface area (Å²) in [5.74, 6) is 0.0351. The van der Waals surface area contributed by atoms with Crippen LogP contribution in [0, 0.1) is 0 Å². The number of hydrogen-bond acceptors (Lipinski definition) is 5. The summed E-state index contributed by atoms with van der Waals surface area (Å²) in [6.07, 6.45) is 3.14. The van der Waals surface area contributed by atoms with Gasteiger partial charge in [-0.2, -0.15) is 0 Å². The van der Waals surface area contributed by atoms with Gasteiger partial charge in [-0.05, 0) is 37.1 Å². The van der Waals surface area contributed by atoms with Crippen molar-refractivity contribution >= 4 is 22.9 Å². The summed E-state index contributed by atoms with van der Waals surface area (Å²) in [5, 5.41) is 6.51. The van der Waals surface area contributed by atoms with Gasteiger partial charge < -0.3 is 10.6 Å². The van der Waals surface area contributed by atoms with E-state index in [0.29, 0.717) is 25.0 Å². The molecule has 4 heterocycles. The molecule has 0 bridgehead atoms. The number of amides is 1. The lowest BCUT2D eigenvalue weighted by atomic mass is 9.84. The van der Waals surface area contributed by atoms with Crippen LogP contribution in [0.2, 0.25) is 0 Å². The molecule has 7 heteroatoms. The molecule has 2 aromatic heterocycles. The Morgan fingerprint density at radius 2 is 1.75 bits per heavy atom. The Hall–Kier alpha value is -3.19. The van der Waals surface area contributed by atoms with Crippen LogP contribution >= 0.6 is 0 Å². The number of aromatic nitrogens is 2. The van der Waals surface area contributed by atoms with Gasteiger partial charge in [0.2, 0.25) is 5.91 Å². The van der Waals surface area contributed by atoms with E-state index in [9.17, 15) is 9.59 Å². The molecule has 2 aliphatic heterocycles. The van der Waals surface area contributed by atoms with Crippen molar-refractivity contribution in [3.05, 3.63) is 70.8 Å². The summed E-state index contributed by atoms with van der Waals surface area (Å²) in [5.41, 5.74) is 2.59. The third-order valence-electron chi connectivity index (χ3n) is 5.70. The number of para-hydroxylation sites is 2. The number of carbonyl (C=O) groups excluding carboxylic acids is 1. The van der Waals surface area contributed by atoms with E-state index in [0.717, 1.165) is 30.2 Å². The number of nitrogens with zero attached hydrogens (tertiary/aromatic N) is 3. The minimum Gasteiger partial charge on any atom is -0.369 e. The lowest BCUT2D eigenvalue weighted by Crippen LogP contribution is -2.58. The number of fused-ring (bicyclic) bond motifs is 2. The normalized spacial score (nSPS) is 18.5. The minimum atomic E-state index is -0.568. The molecule has 5 rings (SSSR count). The number of pyridine rings is 1. The molecule has 0 atom stereocenters. The van der Waals surface area contributed by atoms with Crippen LogP contribution in [0.3, 0.4) is 0 Å². The highest BCUT2D eigenvalue weighted by atomic mass is 16.2. The molecule has 1 spiro atoms. The van der Waals surface area contributed by atoms with Crippen LogP contribution in [0.4, 0.5) is 11.4 Å². The Bertz CT molecular complexity index is 1110. The third kappa shape index (κ3) is 2.84. The first-order valence-electron chi connectivity index (χ1n) is 9.51. The lowest BCUT2D eigenvalue weighted by Gasteiger charge is -2.44. The van der Waals surface area contributed by atoms with Crippen LogP contribution in [0.1, 0.15) is 18.5 Å². The molecule has 0 radical (unpaired) electrons. The maximum Gasteiger partial charge on any atom is 0.258 e. The molecule has 1 aromatic carbocycles. The van der Waals surface area contributed by atoms with E-state index in [1.807, 2.05) is 42.5 Å². The first-order chi connectivity index (χ1) is 13.6. The standard InChI is InChI=1S/C21H21N5O2/c27-19-13-15(22-18-7-3-4-10-26(18)19)14-25-11-8-21(9-12-25)20(28)23-16-5-1-2-6-17(16)24-21/h1-7,10,13,24H,8-9,11-12,14H2,(H,23,28). The Kier molecular flexibility index (Phi) is 3.91. The number of piperidine rings is 1. The van der Waals surface area contributed by atoms with E-state index in [1.165, 1.54) is 0 Å². The van der Waals surface area contributed by atoms with Gasteiger partial charge >= 0.3 is 0 Å². The summed E-state index contributed by atoms with van der Waals surface area (Å²) >= 11 is 0. The van der Waals surface area contributed by atoms with Gasteiger partial charge in [-0.1, -0.05) is 18.2 Å².